The van der Waals surface area contributed by atoms with E-state index in [0.29, 0.717) is 24.7 Å². The highest BCUT2D eigenvalue weighted by molar-refractivity contribution is 7.99. The highest BCUT2D eigenvalue weighted by Gasteiger charge is 2.22. The predicted molar refractivity (Wildman–Crippen MR) is 154 cm³/mol. The van der Waals surface area contributed by atoms with Crippen molar-refractivity contribution < 1.29 is 14.7 Å². The maximum atomic E-state index is 13.3. The van der Waals surface area contributed by atoms with Crippen LogP contribution in [0, 0.1) is 0 Å². The SMILES string of the molecule is CCCCC(=O)N(CCCSc1nc2ccccc2n1CC(=O)O)CC(c1ccccc1)c1ccccc1. The summed E-state index contributed by atoms with van der Waals surface area (Å²) in [7, 11) is 0. The van der Waals surface area contributed by atoms with Gasteiger partial charge >= 0.3 is 5.97 Å². The molecular weight excluding hydrogens is 494 g/mol. The van der Waals surface area contributed by atoms with Crippen LogP contribution in [0.25, 0.3) is 11.0 Å². The van der Waals surface area contributed by atoms with Crippen molar-refractivity contribution in [3.63, 3.8) is 0 Å². The topological polar surface area (TPSA) is 75.4 Å². The van der Waals surface area contributed by atoms with Gasteiger partial charge < -0.3 is 14.6 Å². The highest BCUT2D eigenvalue weighted by atomic mass is 32.2. The molecule has 4 rings (SSSR count). The van der Waals surface area contributed by atoms with Crippen molar-refractivity contribution in [2.45, 2.75) is 50.2 Å². The van der Waals surface area contributed by atoms with E-state index in [1.54, 1.807) is 16.3 Å². The van der Waals surface area contributed by atoms with Gasteiger partial charge in [-0.15, -0.1) is 0 Å². The number of carboxylic acid groups (broad SMARTS) is 1. The Morgan fingerprint density at radius 1 is 0.921 bits per heavy atom. The molecule has 0 unspecified atom stereocenters. The van der Waals surface area contributed by atoms with Gasteiger partial charge in [0.25, 0.3) is 0 Å². The molecule has 1 heterocycles. The number of imidazole rings is 1. The maximum absolute atomic E-state index is 13.3. The molecule has 3 aromatic carbocycles. The first-order chi connectivity index (χ1) is 18.6. The molecule has 6 nitrogen and oxygen atoms in total. The Morgan fingerprint density at radius 2 is 1.55 bits per heavy atom. The zero-order chi connectivity index (χ0) is 26.7. The number of aromatic nitrogens is 2. The highest BCUT2D eigenvalue weighted by Crippen LogP contribution is 2.27. The number of carboxylic acids is 1. The van der Waals surface area contributed by atoms with Crippen LogP contribution >= 0.6 is 11.8 Å². The van der Waals surface area contributed by atoms with Gasteiger partial charge in [-0.2, -0.15) is 0 Å². The normalized spacial score (nSPS) is 11.2. The van der Waals surface area contributed by atoms with E-state index < -0.39 is 5.97 Å². The summed E-state index contributed by atoms with van der Waals surface area (Å²) in [6, 6.07) is 28.4. The summed E-state index contributed by atoms with van der Waals surface area (Å²) in [5, 5.41) is 10.1. The van der Waals surface area contributed by atoms with Crippen molar-refractivity contribution in [2.75, 3.05) is 18.8 Å². The van der Waals surface area contributed by atoms with Gasteiger partial charge in [-0.3, -0.25) is 9.59 Å². The number of nitrogens with zero attached hydrogens (tertiary/aromatic N) is 3. The largest absolute Gasteiger partial charge is 0.480 e. The first kappa shape index (κ1) is 27.5. The van der Waals surface area contributed by atoms with Crippen LogP contribution in [0.4, 0.5) is 0 Å². The first-order valence-corrected chi connectivity index (χ1v) is 14.2. The minimum absolute atomic E-state index is 0.0930. The zero-order valence-corrected chi connectivity index (χ0v) is 22.6. The Hall–Kier alpha value is -3.58. The molecule has 4 aromatic rings. The lowest BCUT2D eigenvalue weighted by molar-refractivity contribution is -0.137. The zero-order valence-electron chi connectivity index (χ0n) is 21.8. The van der Waals surface area contributed by atoms with E-state index in [0.717, 1.165) is 36.0 Å². The standard InChI is InChI=1S/C31H35N3O3S/c1-2-3-19-29(35)33(22-26(24-13-6-4-7-14-24)25-15-8-5-9-16-25)20-12-21-38-31-32-27-17-10-11-18-28(27)34(31)23-30(36)37/h4-11,13-18,26H,2-3,12,19-23H2,1H3,(H,36,37). The summed E-state index contributed by atoms with van der Waals surface area (Å²) in [6.45, 7) is 3.25. The summed E-state index contributed by atoms with van der Waals surface area (Å²) >= 11 is 1.55. The Bertz CT molecular complexity index is 1280. The smallest absolute Gasteiger partial charge is 0.323 e. The molecule has 7 heteroatoms. The van der Waals surface area contributed by atoms with Gasteiger partial charge in [-0.1, -0.05) is 97.9 Å². The fourth-order valence-corrected chi connectivity index (χ4v) is 5.61. The minimum Gasteiger partial charge on any atom is -0.480 e. The third-order valence-electron chi connectivity index (χ3n) is 6.62. The Kier molecular flexibility index (Phi) is 9.98. The maximum Gasteiger partial charge on any atom is 0.323 e. The molecule has 0 fully saturated rings. The van der Waals surface area contributed by atoms with E-state index in [2.05, 4.69) is 36.2 Å². The average Bonchev–Trinajstić information content (AvgIpc) is 3.28. The quantitative estimate of drug-likeness (QED) is 0.150. The lowest BCUT2D eigenvalue weighted by Crippen LogP contribution is -2.36. The van der Waals surface area contributed by atoms with Gasteiger partial charge in [-0.25, -0.2) is 4.98 Å². The van der Waals surface area contributed by atoms with Crippen LogP contribution in [0.2, 0.25) is 0 Å². The van der Waals surface area contributed by atoms with Crippen molar-refractivity contribution in [3.8, 4) is 0 Å². The van der Waals surface area contributed by atoms with Crippen LogP contribution in [0.15, 0.2) is 90.1 Å². The van der Waals surface area contributed by atoms with Crippen molar-refractivity contribution in [3.05, 3.63) is 96.1 Å². The molecule has 0 saturated carbocycles. The molecule has 0 radical (unpaired) electrons. The number of para-hydroxylation sites is 2. The number of hydrogen-bond donors (Lipinski definition) is 1. The molecule has 0 bridgehead atoms. The monoisotopic (exact) mass is 529 g/mol. The summed E-state index contributed by atoms with van der Waals surface area (Å²) in [6.07, 6.45) is 3.20. The number of fused-ring (bicyclic) bond motifs is 1. The lowest BCUT2D eigenvalue weighted by Gasteiger charge is -2.29. The Labute approximate surface area is 228 Å². The lowest BCUT2D eigenvalue weighted by atomic mass is 9.90. The van der Waals surface area contributed by atoms with E-state index in [-0.39, 0.29) is 18.4 Å². The summed E-state index contributed by atoms with van der Waals surface area (Å²) in [4.78, 5) is 31.5. The molecule has 1 amide bonds. The van der Waals surface area contributed by atoms with E-state index >= 15 is 0 Å². The van der Waals surface area contributed by atoms with Crippen molar-refractivity contribution in [1.82, 2.24) is 14.5 Å². The van der Waals surface area contributed by atoms with Crippen molar-refractivity contribution in [2.24, 2.45) is 0 Å². The van der Waals surface area contributed by atoms with Gasteiger partial charge in [0.2, 0.25) is 5.91 Å². The second kappa shape index (κ2) is 13.8. The third kappa shape index (κ3) is 7.25. The number of thioether (sulfide) groups is 1. The molecule has 38 heavy (non-hydrogen) atoms. The van der Waals surface area contributed by atoms with Gasteiger partial charge in [-0.05, 0) is 36.1 Å². The van der Waals surface area contributed by atoms with Crippen LogP contribution in [0.3, 0.4) is 0 Å². The van der Waals surface area contributed by atoms with Crippen molar-refractivity contribution >= 4 is 34.7 Å². The van der Waals surface area contributed by atoms with Crippen LogP contribution < -0.4 is 0 Å². The van der Waals surface area contributed by atoms with Crippen LogP contribution in [0.5, 0.6) is 0 Å². The van der Waals surface area contributed by atoms with Gasteiger partial charge in [0.15, 0.2) is 5.16 Å². The van der Waals surface area contributed by atoms with Gasteiger partial charge in [0.05, 0.1) is 11.0 Å². The molecule has 0 aliphatic heterocycles. The first-order valence-electron chi connectivity index (χ1n) is 13.2. The van der Waals surface area contributed by atoms with Crippen molar-refractivity contribution in [1.29, 1.82) is 0 Å². The number of carbonyl (C=O) groups is 2. The summed E-state index contributed by atoms with van der Waals surface area (Å²) in [5.41, 5.74) is 4.01. The van der Waals surface area contributed by atoms with E-state index in [9.17, 15) is 14.7 Å². The fraction of sp³-hybridized carbons (Fsp3) is 0.323. The summed E-state index contributed by atoms with van der Waals surface area (Å²) < 4.78 is 1.76. The number of aliphatic carboxylic acids is 1. The molecule has 0 aliphatic carbocycles. The van der Waals surface area contributed by atoms with Crippen LogP contribution in [-0.4, -0.2) is 50.3 Å². The van der Waals surface area contributed by atoms with E-state index in [1.165, 1.54) is 11.1 Å². The van der Waals surface area contributed by atoms with Crippen LogP contribution in [0.1, 0.15) is 49.7 Å². The molecule has 1 aromatic heterocycles. The number of carbonyl (C=O) groups excluding carboxylic acids is 1. The molecule has 0 aliphatic rings. The fourth-order valence-electron chi connectivity index (χ4n) is 4.67. The second-order valence-electron chi connectivity index (χ2n) is 9.38. The molecule has 1 N–H and O–H groups in total. The molecular formula is C31H35N3O3S. The number of amides is 1. The minimum atomic E-state index is -0.893. The number of benzene rings is 3. The van der Waals surface area contributed by atoms with E-state index in [4.69, 9.17) is 0 Å². The number of rotatable bonds is 14. The summed E-state index contributed by atoms with van der Waals surface area (Å²) in [5.74, 6) is 0.125. The number of unbranched alkanes of at least 4 members (excludes halogenated alkanes) is 1. The predicted octanol–water partition coefficient (Wildman–Crippen LogP) is 6.45. The van der Waals surface area contributed by atoms with Crippen LogP contribution in [-0.2, 0) is 16.1 Å². The third-order valence-corrected chi connectivity index (χ3v) is 7.68. The molecule has 0 spiro atoms. The Morgan fingerprint density at radius 3 is 2.18 bits per heavy atom. The average molecular weight is 530 g/mol. The van der Waals surface area contributed by atoms with Gasteiger partial charge in [0, 0.05) is 31.2 Å². The molecule has 0 saturated heterocycles. The number of hydrogen-bond acceptors (Lipinski definition) is 4. The molecule has 198 valence electrons. The Balaban J connectivity index is 1.48. The van der Waals surface area contributed by atoms with E-state index in [1.807, 2.05) is 65.6 Å². The molecule has 0 atom stereocenters. The second-order valence-corrected chi connectivity index (χ2v) is 10.4. The van der Waals surface area contributed by atoms with Gasteiger partial charge in [0.1, 0.15) is 6.54 Å².